The first-order valence-corrected chi connectivity index (χ1v) is 5.80. The normalized spacial score (nSPS) is 17.9. The van der Waals surface area contributed by atoms with Gasteiger partial charge in [0.1, 0.15) is 0 Å². The maximum atomic E-state index is 11.8. The Balaban J connectivity index is 2.30. The number of aromatic nitrogens is 1. The minimum absolute atomic E-state index is 0.00899. The summed E-state index contributed by atoms with van der Waals surface area (Å²) in [6, 6.07) is 3.78. The van der Waals surface area contributed by atoms with Gasteiger partial charge in [0, 0.05) is 12.4 Å². The van der Waals surface area contributed by atoms with E-state index in [0.29, 0.717) is 0 Å². The molecule has 2 rings (SSSR count). The molecular formula is C13H16N2O2. The van der Waals surface area contributed by atoms with Gasteiger partial charge in [-0.1, -0.05) is 13.8 Å². The van der Waals surface area contributed by atoms with Crippen LogP contribution in [0.15, 0.2) is 24.5 Å². The summed E-state index contributed by atoms with van der Waals surface area (Å²) in [6.45, 7) is 4.35. The Morgan fingerprint density at radius 2 is 1.88 bits per heavy atom. The van der Waals surface area contributed by atoms with Crippen LogP contribution in [0.25, 0.3) is 0 Å². The van der Waals surface area contributed by atoms with Crippen molar-refractivity contribution in [2.45, 2.75) is 26.3 Å². The fraction of sp³-hybridized carbons (Fsp3) is 0.462. The van der Waals surface area contributed by atoms with Crippen LogP contribution < -0.4 is 0 Å². The van der Waals surface area contributed by atoms with Gasteiger partial charge in [0.15, 0.2) is 5.78 Å². The lowest BCUT2D eigenvalue weighted by molar-refractivity contribution is -0.130. The van der Waals surface area contributed by atoms with Crippen molar-refractivity contribution in [2.24, 2.45) is 5.92 Å². The zero-order valence-corrected chi connectivity index (χ0v) is 10.1. The molecule has 1 unspecified atom stereocenters. The van der Waals surface area contributed by atoms with Crippen molar-refractivity contribution in [2.75, 3.05) is 6.54 Å². The highest BCUT2D eigenvalue weighted by Crippen LogP contribution is 2.30. The number of rotatable bonds is 3. The van der Waals surface area contributed by atoms with Gasteiger partial charge in [-0.05, 0) is 23.6 Å². The minimum atomic E-state index is -0.0643. The summed E-state index contributed by atoms with van der Waals surface area (Å²) < 4.78 is 0. The molecular weight excluding hydrogens is 216 g/mol. The first-order valence-electron chi connectivity index (χ1n) is 5.80. The zero-order valence-electron chi connectivity index (χ0n) is 10.1. The molecule has 17 heavy (non-hydrogen) atoms. The molecule has 2 heterocycles. The van der Waals surface area contributed by atoms with Gasteiger partial charge in [0.05, 0.1) is 19.0 Å². The largest absolute Gasteiger partial charge is 0.328 e. The Bertz CT molecular complexity index is 428. The molecule has 4 heteroatoms. The highest BCUT2D eigenvalue weighted by atomic mass is 16.2. The Kier molecular flexibility index (Phi) is 3.22. The number of amides is 1. The predicted molar refractivity (Wildman–Crippen MR) is 63.2 cm³/mol. The fourth-order valence-corrected chi connectivity index (χ4v) is 2.34. The van der Waals surface area contributed by atoms with Crippen LogP contribution in [0, 0.1) is 5.92 Å². The number of carbonyl (C=O) groups is 2. The Labute approximate surface area is 101 Å². The summed E-state index contributed by atoms with van der Waals surface area (Å²) in [5.41, 5.74) is 1.04. The van der Waals surface area contributed by atoms with Crippen molar-refractivity contribution in [1.29, 1.82) is 0 Å². The number of Topliss-reactive ketones (excluding diaryl/α,β-unsaturated/α-hetero) is 1. The molecule has 0 aromatic carbocycles. The van der Waals surface area contributed by atoms with Crippen LogP contribution in [0.1, 0.15) is 31.9 Å². The number of pyridine rings is 1. The Hall–Kier alpha value is -1.71. The van der Waals surface area contributed by atoms with E-state index >= 15 is 0 Å². The molecule has 0 N–H and O–H groups in total. The van der Waals surface area contributed by atoms with Crippen LogP contribution in [0.4, 0.5) is 0 Å². The number of carbonyl (C=O) groups excluding carboxylic acids is 2. The van der Waals surface area contributed by atoms with E-state index < -0.39 is 0 Å². The zero-order chi connectivity index (χ0) is 12.4. The third-order valence-corrected chi connectivity index (χ3v) is 3.03. The van der Waals surface area contributed by atoms with Crippen LogP contribution in [0.3, 0.4) is 0 Å². The molecule has 1 aliphatic heterocycles. The fourth-order valence-electron chi connectivity index (χ4n) is 2.34. The number of nitrogens with zero attached hydrogens (tertiary/aromatic N) is 2. The highest BCUT2D eigenvalue weighted by molar-refractivity contribution is 6.05. The standard InChI is InChI=1S/C13H16N2O2/c1-9(2)13(10-3-5-14-6-4-10)15-8-11(16)7-12(15)17/h3-6,9,13H,7-8H2,1-2H3. The van der Waals surface area contributed by atoms with Gasteiger partial charge in [-0.3, -0.25) is 14.6 Å². The average molecular weight is 232 g/mol. The maximum Gasteiger partial charge on any atom is 0.231 e. The molecule has 0 radical (unpaired) electrons. The van der Waals surface area contributed by atoms with Crippen LogP contribution in [0.2, 0.25) is 0 Å². The van der Waals surface area contributed by atoms with Crippen molar-refractivity contribution < 1.29 is 9.59 Å². The second-order valence-electron chi connectivity index (χ2n) is 4.71. The summed E-state index contributed by atoms with van der Waals surface area (Å²) >= 11 is 0. The lowest BCUT2D eigenvalue weighted by atomic mass is 9.95. The molecule has 90 valence electrons. The van der Waals surface area contributed by atoms with Crippen molar-refractivity contribution in [3.63, 3.8) is 0 Å². The molecule has 0 saturated carbocycles. The summed E-state index contributed by atoms with van der Waals surface area (Å²) in [5, 5.41) is 0. The minimum Gasteiger partial charge on any atom is -0.328 e. The van der Waals surface area contributed by atoms with Crippen LogP contribution in [-0.4, -0.2) is 28.1 Å². The van der Waals surface area contributed by atoms with Crippen molar-refractivity contribution in [3.8, 4) is 0 Å². The van der Waals surface area contributed by atoms with Crippen LogP contribution in [0.5, 0.6) is 0 Å². The molecule has 1 atom stereocenters. The van der Waals surface area contributed by atoms with E-state index in [-0.39, 0.29) is 36.6 Å². The van der Waals surface area contributed by atoms with E-state index in [9.17, 15) is 9.59 Å². The SMILES string of the molecule is CC(C)C(c1ccncc1)N1CC(=O)CC1=O. The molecule has 1 aromatic heterocycles. The van der Waals surface area contributed by atoms with Crippen LogP contribution >= 0.6 is 0 Å². The highest BCUT2D eigenvalue weighted by Gasteiger charge is 2.35. The molecule has 1 amide bonds. The summed E-state index contributed by atoms with van der Waals surface area (Å²) in [5.74, 6) is 0.215. The van der Waals surface area contributed by atoms with E-state index in [1.54, 1.807) is 17.3 Å². The van der Waals surface area contributed by atoms with E-state index in [2.05, 4.69) is 18.8 Å². The van der Waals surface area contributed by atoms with Crippen molar-refractivity contribution in [3.05, 3.63) is 30.1 Å². The predicted octanol–water partition coefficient (Wildman–Crippen LogP) is 1.58. The first-order chi connectivity index (χ1) is 8.09. The molecule has 0 spiro atoms. The summed E-state index contributed by atoms with van der Waals surface area (Å²) in [4.78, 5) is 28.8. The molecule has 1 fully saturated rings. The van der Waals surface area contributed by atoms with Crippen molar-refractivity contribution in [1.82, 2.24) is 9.88 Å². The van der Waals surface area contributed by atoms with Crippen LogP contribution in [-0.2, 0) is 9.59 Å². The summed E-state index contributed by atoms with van der Waals surface area (Å²) in [6.07, 6.45) is 3.48. The van der Waals surface area contributed by atoms with E-state index in [4.69, 9.17) is 0 Å². The summed E-state index contributed by atoms with van der Waals surface area (Å²) in [7, 11) is 0. The van der Waals surface area contributed by atoms with Gasteiger partial charge in [-0.15, -0.1) is 0 Å². The lowest BCUT2D eigenvalue weighted by Gasteiger charge is -2.30. The average Bonchev–Trinajstić information content (AvgIpc) is 2.59. The molecule has 1 aliphatic rings. The topological polar surface area (TPSA) is 50.3 Å². The number of hydrogen-bond donors (Lipinski definition) is 0. The monoisotopic (exact) mass is 232 g/mol. The number of hydrogen-bond acceptors (Lipinski definition) is 3. The number of likely N-dealkylation sites (tertiary alicyclic amines) is 1. The second-order valence-corrected chi connectivity index (χ2v) is 4.71. The van der Waals surface area contributed by atoms with Gasteiger partial charge >= 0.3 is 0 Å². The van der Waals surface area contributed by atoms with Gasteiger partial charge in [0.2, 0.25) is 5.91 Å². The van der Waals surface area contributed by atoms with Gasteiger partial charge in [0.25, 0.3) is 0 Å². The molecule has 1 aromatic rings. The van der Waals surface area contributed by atoms with Gasteiger partial charge in [-0.2, -0.15) is 0 Å². The van der Waals surface area contributed by atoms with E-state index in [1.807, 2.05) is 12.1 Å². The van der Waals surface area contributed by atoms with Gasteiger partial charge in [-0.25, -0.2) is 0 Å². The molecule has 4 nitrogen and oxygen atoms in total. The van der Waals surface area contributed by atoms with Gasteiger partial charge < -0.3 is 4.90 Å². The molecule has 0 aliphatic carbocycles. The van der Waals surface area contributed by atoms with E-state index in [1.165, 1.54) is 0 Å². The third kappa shape index (κ3) is 2.35. The lowest BCUT2D eigenvalue weighted by Crippen LogP contribution is -2.33. The smallest absolute Gasteiger partial charge is 0.231 e. The van der Waals surface area contributed by atoms with Crippen molar-refractivity contribution >= 4 is 11.7 Å². The third-order valence-electron chi connectivity index (χ3n) is 3.03. The van der Waals surface area contributed by atoms with E-state index in [0.717, 1.165) is 5.56 Å². The second kappa shape index (κ2) is 4.65. The Morgan fingerprint density at radius 3 is 2.35 bits per heavy atom. The molecule has 0 bridgehead atoms. The molecule has 1 saturated heterocycles. The number of ketones is 1. The Morgan fingerprint density at radius 1 is 1.24 bits per heavy atom. The first kappa shape index (κ1) is 11.8. The maximum absolute atomic E-state index is 11.8. The quantitative estimate of drug-likeness (QED) is 0.743.